The highest BCUT2D eigenvalue weighted by atomic mass is 16.6. The summed E-state index contributed by atoms with van der Waals surface area (Å²) in [5.74, 6) is 1.46. The number of carbonyl (C=O) groups is 2. The zero-order valence-corrected chi connectivity index (χ0v) is 19.2. The Morgan fingerprint density at radius 1 is 0.903 bits per heavy atom. The van der Waals surface area contributed by atoms with Crippen molar-refractivity contribution in [2.24, 2.45) is 0 Å². The molecule has 0 saturated heterocycles. The fourth-order valence-corrected chi connectivity index (χ4v) is 2.83. The number of methoxy groups -OCH3 is 1. The Morgan fingerprint density at radius 3 is 2.03 bits per heavy atom. The van der Waals surface area contributed by atoms with Crippen LogP contribution in [0.1, 0.15) is 32.8 Å². The zero-order valence-electron chi connectivity index (χ0n) is 19.2. The Hall–Kier alpha value is -2.68. The van der Waals surface area contributed by atoms with Crippen LogP contribution in [0.3, 0.4) is 0 Å². The van der Waals surface area contributed by atoms with Gasteiger partial charge < -0.3 is 29.6 Å². The van der Waals surface area contributed by atoms with Gasteiger partial charge in [0.15, 0.2) is 11.5 Å². The molecule has 0 bridgehead atoms. The third-order valence-electron chi connectivity index (χ3n) is 4.35. The number of benzene rings is 1. The zero-order chi connectivity index (χ0) is 22.9. The Morgan fingerprint density at radius 2 is 1.52 bits per heavy atom. The summed E-state index contributed by atoms with van der Waals surface area (Å²) in [7, 11) is 1.63. The highest BCUT2D eigenvalue weighted by Crippen LogP contribution is 2.31. The van der Waals surface area contributed by atoms with Gasteiger partial charge in [0.05, 0.1) is 13.7 Å². The van der Waals surface area contributed by atoms with E-state index in [0.29, 0.717) is 51.5 Å². The quantitative estimate of drug-likeness (QED) is 0.434. The van der Waals surface area contributed by atoms with Gasteiger partial charge >= 0.3 is 12.2 Å². The second kappa shape index (κ2) is 16.1. The largest absolute Gasteiger partial charge is 0.493 e. The maximum atomic E-state index is 11.5. The maximum Gasteiger partial charge on any atom is 0.407 e. The molecule has 0 aliphatic rings. The van der Waals surface area contributed by atoms with Crippen LogP contribution < -0.4 is 20.1 Å². The van der Waals surface area contributed by atoms with Crippen LogP contribution in [0.4, 0.5) is 9.59 Å². The van der Waals surface area contributed by atoms with Gasteiger partial charge in [0.1, 0.15) is 13.2 Å². The van der Waals surface area contributed by atoms with Crippen molar-refractivity contribution in [3.63, 3.8) is 0 Å². The second-order valence-electron chi connectivity index (χ2n) is 6.72. The molecule has 2 N–H and O–H groups in total. The summed E-state index contributed by atoms with van der Waals surface area (Å²) in [6.07, 6.45) is 0.726. The molecule has 0 spiro atoms. The van der Waals surface area contributed by atoms with Crippen LogP contribution in [-0.4, -0.2) is 76.7 Å². The lowest BCUT2D eigenvalue weighted by molar-refractivity contribution is 0.107. The first-order chi connectivity index (χ1) is 15.0. The molecule has 2 amide bonds. The monoisotopic (exact) mass is 439 g/mol. The molecule has 9 nitrogen and oxygen atoms in total. The van der Waals surface area contributed by atoms with Gasteiger partial charge in [-0.25, -0.2) is 9.59 Å². The van der Waals surface area contributed by atoms with Crippen LogP contribution in [-0.2, 0) is 15.9 Å². The van der Waals surface area contributed by atoms with Crippen LogP contribution in [0, 0.1) is 0 Å². The predicted molar refractivity (Wildman–Crippen MR) is 119 cm³/mol. The molecule has 0 aromatic heterocycles. The van der Waals surface area contributed by atoms with E-state index in [0.717, 1.165) is 17.7 Å². The first-order valence-electron chi connectivity index (χ1n) is 10.9. The molecule has 1 aromatic rings. The molecule has 1 aromatic carbocycles. The fraction of sp³-hybridized carbons (Fsp3) is 0.636. The molecule has 31 heavy (non-hydrogen) atoms. The minimum Gasteiger partial charge on any atom is -0.493 e. The van der Waals surface area contributed by atoms with E-state index in [1.54, 1.807) is 7.11 Å². The summed E-state index contributed by atoms with van der Waals surface area (Å²) in [6, 6.07) is 5.84. The molecule has 0 saturated carbocycles. The van der Waals surface area contributed by atoms with E-state index in [-0.39, 0.29) is 13.2 Å². The van der Waals surface area contributed by atoms with Crippen molar-refractivity contribution >= 4 is 12.2 Å². The van der Waals surface area contributed by atoms with Crippen molar-refractivity contribution in [2.75, 3.05) is 59.7 Å². The third-order valence-corrected chi connectivity index (χ3v) is 4.35. The number of amides is 2. The van der Waals surface area contributed by atoms with Gasteiger partial charge in [-0.2, -0.15) is 0 Å². The van der Waals surface area contributed by atoms with Crippen LogP contribution in [0.15, 0.2) is 18.2 Å². The number of nitrogens with one attached hydrogen (secondary N) is 2. The van der Waals surface area contributed by atoms with E-state index in [1.807, 2.05) is 32.0 Å². The lowest BCUT2D eigenvalue weighted by atomic mass is 10.1. The normalized spacial score (nSPS) is 10.5. The average molecular weight is 440 g/mol. The first kappa shape index (κ1) is 26.4. The average Bonchev–Trinajstić information content (AvgIpc) is 2.76. The number of hydrogen-bond acceptors (Lipinski definition) is 7. The van der Waals surface area contributed by atoms with E-state index in [1.165, 1.54) is 0 Å². The third kappa shape index (κ3) is 10.8. The van der Waals surface area contributed by atoms with E-state index in [9.17, 15) is 9.59 Å². The molecule has 0 unspecified atom stereocenters. The van der Waals surface area contributed by atoms with Crippen LogP contribution in [0.2, 0.25) is 0 Å². The number of carbonyl (C=O) groups excluding carboxylic acids is 2. The summed E-state index contributed by atoms with van der Waals surface area (Å²) in [5.41, 5.74) is 1.03. The van der Waals surface area contributed by atoms with Crippen molar-refractivity contribution < 1.29 is 28.5 Å². The minimum absolute atomic E-state index is 0.240. The number of rotatable bonds is 15. The molecule has 176 valence electrons. The molecule has 9 heteroatoms. The van der Waals surface area contributed by atoms with Crippen LogP contribution >= 0.6 is 0 Å². The summed E-state index contributed by atoms with van der Waals surface area (Å²) in [6.45, 7) is 9.55. The lowest BCUT2D eigenvalue weighted by Gasteiger charge is -2.23. The lowest BCUT2D eigenvalue weighted by Crippen LogP contribution is -2.36. The molecule has 0 radical (unpaired) electrons. The number of alkyl carbamates (subject to hydrolysis) is 2. The Balaban J connectivity index is 2.72. The molecule has 1 rings (SSSR count). The molecule has 0 aliphatic heterocycles. The van der Waals surface area contributed by atoms with E-state index in [4.69, 9.17) is 18.9 Å². The van der Waals surface area contributed by atoms with Gasteiger partial charge in [0.25, 0.3) is 0 Å². The molecule has 0 heterocycles. The van der Waals surface area contributed by atoms with E-state index in [2.05, 4.69) is 22.5 Å². The van der Waals surface area contributed by atoms with Crippen molar-refractivity contribution in [1.29, 1.82) is 0 Å². The van der Waals surface area contributed by atoms with E-state index < -0.39 is 12.2 Å². The van der Waals surface area contributed by atoms with Crippen molar-refractivity contribution in [3.05, 3.63) is 23.8 Å². The van der Waals surface area contributed by atoms with Crippen molar-refractivity contribution in [1.82, 2.24) is 15.5 Å². The molecule has 0 aliphatic carbocycles. The second-order valence-corrected chi connectivity index (χ2v) is 6.72. The number of nitrogens with zero attached hydrogens (tertiary/aromatic N) is 1. The highest BCUT2D eigenvalue weighted by molar-refractivity contribution is 5.67. The van der Waals surface area contributed by atoms with E-state index >= 15 is 0 Å². The van der Waals surface area contributed by atoms with Gasteiger partial charge in [-0.3, -0.25) is 4.90 Å². The number of para-hydroxylation sites is 1. The smallest absolute Gasteiger partial charge is 0.407 e. The minimum atomic E-state index is -0.441. The van der Waals surface area contributed by atoms with Gasteiger partial charge in [-0.05, 0) is 38.3 Å². The number of hydrogen-bond donors (Lipinski definition) is 2. The fourth-order valence-electron chi connectivity index (χ4n) is 2.83. The Kier molecular flexibility index (Phi) is 13.7. The molecule has 0 atom stereocenters. The topological polar surface area (TPSA) is 98.4 Å². The van der Waals surface area contributed by atoms with Crippen molar-refractivity contribution in [3.8, 4) is 11.5 Å². The number of ether oxygens (including phenoxy) is 4. The first-order valence-corrected chi connectivity index (χ1v) is 10.9. The standard InChI is InChI=1S/C22H37N3O6/c1-5-15-29-20-18(9-8-10-19(20)28-4)11-12-25(13-16-30-21(26)23-6-2)14-17-31-22(27)24-7-3/h8-10H,5-7,11-17H2,1-4H3,(H,23,26)(H,24,27). The van der Waals surface area contributed by atoms with Gasteiger partial charge in [0, 0.05) is 32.7 Å². The molecular weight excluding hydrogens is 402 g/mol. The van der Waals surface area contributed by atoms with Gasteiger partial charge in [-0.1, -0.05) is 19.1 Å². The SMILES string of the molecule is CCCOc1c(CCN(CCOC(=O)NCC)CCOC(=O)NCC)cccc1OC. The highest BCUT2D eigenvalue weighted by Gasteiger charge is 2.14. The van der Waals surface area contributed by atoms with Gasteiger partial charge in [0.2, 0.25) is 0 Å². The Labute approximate surface area is 185 Å². The molecule has 0 fully saturated rings. The summed E-state index contributed by atoms with van der Waals surface area (Å²) in [4.78, 5) is 25.2. The van der Waals surface area contributed by atoms with Crippen molar-refractivity contribution in [2.45, 2.75) is 33.6 Å². The summed E-state index contributed by atoms with van der Waals surface area (Å²) < 4.78 is 21.7. The van der Waals surface area contributed by atoms with Gasteiger partial charge in [-0.15, -0.1) is 0 Å². The Bertz CT molecular complexity index is 632. The molecular formula is C22H37N3O6. The summed E-state index contributed by atoms with van der Waals surface area (Å²) >= 11 is 0. The summed E-state index contributed by atoms with van der Waals surface area (Å²) in [5, 5.41) is 5.20. The van der Waals surface area contributed by atoms with Crippen LogP contribution in [0.25, 0.3) is 0 Å². The van der Waals surface area contributed by atoms with Crippen LogP contribution in [0.5, 0.6) is 11.5 Å². The maximum absolute atomic E-state index is 11.5. The predicted octanol–water partition coefficient (Wildman–Crippen LogP) is 2.82.